The second kappa shape index (κ2) is 9.42. The summed E-state index contributed by atoms with van der Waals surface area (Å²) in [5.41, 5.74) is -7.87. The zero-order valence-electron chi connectivity index (χ0n) is 20.5. The van der Waals surface area contributed by atoms with Crippen LogP contribution in [0.5, 0.6) is 0 Å². The number of hydrogen-bond acceptors (Lipinski definition) is 5. The predicted octanol–water partition coefficient (Wildman–Crippen LogP) is 4.60. The number of alkyl halides is 6. The molecule has 0 heterocycles. The summed E-state index contributed by atoms with van der Waals surface area (Å²) in [6, 6.07) is 0. The van der Waals surface area contributed by atoms with Gasteiger partial charge in [0, 0.05) is 29.8 Å². The van der Waals surface area contributed by atoms with Crippen LogP contribution < -0.4 is 5.32 Å². The molecule has 2 bridgehead atoms. The maximum Gasteiger partial charge on any atom is 0.417 e. The number of esters is 1. The van der Waals surface area contributed by atoms with E-state index in [0.29, 0.717) is 13.3 Å². The minimum atomic E-state index is -5.41. The molecule has 2 rings (SSSR count). The maximum absolute atomic E-state index is 13.9. The van der Waals surface area contributed by atoms with Crippen LogP contribution in [0.1, 0.15) is 67.2 Å². The van der Waals surface area contributed by atoms with Crippen LogP contribution in [-0.4, -0.2) is 57.9 Å². The molecule has 0 amide bonds. The van der Waals surface area contributed by atoms with E-state index in [9.17, 15) is 41.4 Å². The van der Waals surface area contributed by atoms with E-state index < -0.39 is 78.6 Å². The summed E-state index contributed by atoms with van der Waals surface area (Å²) in [6.45, 7) is 10.3. The Hall–Kier alpha value is -1.07. The number of nitrogens with one attached hydrogen (secondary N) is 1. The number of rotatable bonds is 6. The van der Waals surface area contributed by atoms with Crippen molar-refractivity contribution in [3.63, 3.8) is 0 Å². The van der Waals surface area contributed by atoms with Gasteiger partial charge in [0.25, 0.3) is 0 Å². The van der Waals surface area contributed by atoms with Gasteiger partial charge in [0.05, 0.1) is 5.92 Å². The molecule has 200 valence electrons. The summed E-state index contributed by atoms with van der Waals surface area (Å²) in [5, 5.41) is 24.4. The molecule has 2 aliphatic rings. The lowest BCUT2D eigenvalue weighted by Gasteiger charge is -2.59. The van der Waals surface area contributed by atoms with Crippen molar-refractivity contribution < 1.29 is 46.1 Å². The molecule has 0 aromatic rings. The van der Waals surface area contributed by atoms with Crippen LogP contribution in [0.25, 0.3) is 0 Å². The van der Waals surface area contributed by atoms with E-state index in [4.69, 9.17) is 4.74 Å². The molecule has 5 atom stereocenters. The molecule has 0 radical (unpaired) electrons. The fourth-order valence-corrected chi connectivity index (χ4v) is 5.60. The first-order chi connectivity index (χ1) is 15.1. The molecule has 0 aromatic heterocycles. The van der Waals surface area contributed by atoms with E-state index in [1.807, 2.05) is 34.6 Å². The summed E-state index contributed by atoms with van der Waals surface area (Å²) in [6.07, 6.45) is -13.2. The molecule has 2 fully saturated rings. The smallest absolute Gasteiger partial charge is 0.417 e. The number of carbonyl (C=O) groups excluding carboxylic acids is 1. The highest BCUT2D eigenvalue weighted by atomic mass is 19.4. The maximum atomic E-state index is 13.9. The molecule has 5 unspecified atom stereocenters. The van der Waals surface area contributed by atoms with Crippen LogP contribution in [0.4, 0.5) is 26.3 Å². The Kier molecular flexibility index (Phi) is 8.08. The van der Waals surface area contributed by atoms with Crippen molar-refractivity contribution >= 4 is 5.97 Å². The fraction of sp³-hybridized carbons (Fsp3) is 0.957. The first-order valence-electron chi connectivity index (χ1n) is 11.7. The fourth-order valence-electron chi connectivity index (χ4n) is 5.60. The number of ether oxygens (including phenoxy) is 1. The second-order valence-electron chi connectivity index (χ2n) is 11.5. The molecular formula is C23H37F6NO4. The number of carbonyl (C=O) groups is 1. The highest BCUT2D eigenvalue weighted by Gasteiger charge is 2.77. The molecule has 34 heavy (non-hydrogen) atoms. The van der Waals surface area contributed by atoms with Crippen molar-refractivity contribution in [2.24, 2.45) is 29.6 Å². The second-order valence-corrected chi connectivity index (χ2v) is 11.5. The van der Waals surface area contributed by atoms with Crippen LogP contribution >= 0.6 is 0 Å². The van der Waals surface area contributed by atoms with Gasteiger partial charge >= 0.3 is 18.3 Å². The summed E-state index contributed by atoms with van der Waals surface area (Å²) in [7, 11) is 0. The monoisotopic (exact) mass is 505 g/mol. The average Bonchev–Trinajstić information content (AvgIpc) is 2.65. The highest BCUT2D eigenvalue weighted by Crippen LogP contribution is 2.62. The Morgan fingerprint density at radius 1 is 0.971 bits per heavy atom. The Morgan fingerprint density at radius 3 is 1.76 bits per heavy atom. The Bertz CT molecular complexity index is 698. The largest absolute Gasteiger partial charge is 0.462 e. The van der Waals surface area contributed by atoms with E-state index in [0.717, 1.165) is 0 Å². The van der Waals surface area contributed by atoms with E-state index in [1.165, 1.54) is 0 Å². The van der Waals surface area contributed by atoms with Gasteiger partial charge < -0.3 is 20.3 Å². The van der Waals surface area contributed by atoms with Crippen LogP contribution in [0.2, 0.25) is 0 Å². The first-order valence-corrected chi connectivity index (χ1v) is 11.7. The van der Waals surface area contributed by atoms with Gasteiger partial charge in [-0.3, -0.25) is 4.79 Å². The summed E-state index contributed by atoms with van der Waals surface area (Å²) in [4.78, 5) is 12.9. The average molecular weight is 506 g/mol. The minimum absolute atomic E-state index is 0.0940. The lowest BCUT2D eigenvalue weighted by molar-refractivity contribution is -0.392. The van der Waals surface area contributed by atoms with Crippen molar-refractivity contribution in [3.8, 4) is 0 Å². The van der Waals surface area contributed by atoms with E-state index in [1.54, 1.807) is 0 Å². The van der Waals surface area contributed by atoms with Gasteiger partial charge in [-0.05, 0) is 52.4 Å². The lowest BCUT2D eigenvalue weighted by Crippen LogP contribution is -2.74. The van der Waals surface area contributed by atoms with Crippen LogP contribution in [-0.2, 0) is 9.53 Å². The van der Waals surface area contributed by atoms with Crippen LogP contribution in [0, 0.1) is 29.6 Å². The van der Waals surface area contributed by atoms with Gasteiger partial charge in [-0.15, -0.1) is 0 Å². The van der Waals surface area contributed by atoms with E-state index >= 15 is 0 Å². The molecule has 0 aromatic carbocycles. The first kappa shape index (κ1) is 29.2. The van der Waals surface area contributed by atoms with Gasteiger partial charge in [0.15, 0.2) is 11.2 Å². The molecule has 0 aliphatic heterocycles. The molecule has 5 nitrogen and oxygen atoms in total. The van der Waals surface area contributed by atoms with Crippen molar-refractivity contribution in [1.82, 2.24) is 5.32 Å². The van der Waals surface area contributed by atoms with E-state index in [-0.39, 0.29) is 18.0 Å². The number of aliphatic hydroxyl groups is 2. The molecule has 2 saturated carbocycles. The van der Waals surface area contributed by atoms with Crippen LogP contribution in [0.15, 0.2) is 0 Å². The minimum Gasteiger partial charge on any atom is -0.462 e. The third-order valence-corrected chi connectivity index (χ3v) is 7.39. The summed E-state index contributed by atoms with van der Waals surface area (Å²) < 4.78 is 89.0. The van der Waals surface area contributed by atoms with Gasteiger partial charge in [0.1, 0.15) is 6.10 Å². The normalized spacial score (nSPS) is 35.9. The quantitative estimate of drug-likeness (QED) is 0.363. The van der Waals surface area contributed by atoms with Gasteiger partial charge in [-0.2, -0.15) is 26.3 Å². The summed E-state index contributed by atoms with van der Waals surface area (Å²) >= 11 is 0. The number of halogens is 6. The topological polar surface area (TPSA) is 78.8 Å². The summed E-state index contributed by atoms with van der Waals surface area (Å²) in [5.74, 6) is -7.09. The third-order valence-electron chi connectivity index (χ3n) is 7.39. The SMILES string of the molecule is CC(C)CC(CNC(C)(C)C)C(=O)OC1CC2CC(C1)C(O)(C(F)(F)F)C(C)C2(O)C(F)(F)F. The number of fused-ring (bicyclic) bond motifs is 2. The van der Waals surface area contributed by atoms with Crippen molar-refractivity contribution in [2.75, 3.05) is 6.54 Å². The number of hydrogen-bond donors (Lipinski definition) is 3. The molecule has 2 aliphatic carbocycles. The lowest BCUT2D eigenvalue weighted by atomic mass is 9.52. The van der Waals surface area contributed by atoms with Gasteiger partial charge in [-0.1, -0.05) is 20.8 Å². The molecular weight excluding hydrogens is 468 g/mol. The van der Waals surface area contributed by atoms with E-state index in [2.05, 4.69) is 5.32 Å². The van der Waals surface area contributed by atoms with Crippen LogP contribution in [0.3, 0.4) is 0 Å². The molecule has 3 N–H and O–H groups in total. The third kappa shape index (κ3) is 5.51. The molecule has 11 heteroatoms. The Balaban J connectivity index is 2.34. The zero-order valence-corrected chi connectivity index (χ0v) is 20.5. The molecule has 0 spiro atoms. The standard InChI is InChI=1S/C23H37F6NO4/c1-12(2)7-14(11-30-19(4,5)6)18(31)34-17-9-15-8-16(10-17)21(33,23(27,28)29)13(3)20(15,32)22(24,25)26/h12-17,30,32-33H,7-11H2,1-6H3. The van der Waals surface area contributed by atoms with Gasteiger partial charge in [0.2, 0.25) is 0 Å². The van der Waals surface area contributed by atoms with Crippen molar-refractivity contribution in [1.29, 1.82) is 0 Å². The zero-order chi connectivity index (χ0) is 26.5. The molecule has 0 saturated heterocycles. The van der Waals surface area contributed by atoms with Crippen molar-refractivity contribution in [2.45, 2.75) is 102 Å². The highest BCUT2D eigenvalue weighted by molar-refractivity contribution is 5.73. The van der Waals surface area contributed by atoms with Gasteiger partial charge in [-0.25, -0.2) is 0 Å². The van der Waals surface area contributed by atoms with Crippen molar-refractivity contribution in [3.05, 3.63) is 0 Å². The predicted molar refractivity (Wildman–Crippen MR) is 113 cm³/mol. The Labute approximate surface area is 196 Å². The Morgan fingerprint density at radius 2 is 1.41 bits per heavy atom.